The molecule has 0 saturated carbocycles. The van der Waals surface area contributed by atoms with Crippen LogP contribution < -0.4 is 4.74 Å². The Morgan fingerprint density at radius 3 is 2.77 bits per heavy atom. The third-order valence-electron chi connectivity index (χ3n) is 3.18. The monoisotopic (exact) mass is 408 g/mol. The van der Waals surface area contributed by atoms with Crippen molar-refractivity contribution in [2.24, 2.45) is 0 Å². The summed E-state index contributed by atoms with van der Waals surface area (Å²) in [4.78, 5) is 12.4. The summed E-state index contributed by atoms with van der Waals surface area (Å²) in [6.45, 7) is 0.285. The van der Waals surface area contributed by atoms with E-state index in [4.69, 9.17) is 13.9 Å². The molecule has 22 heavy (non-hydrogen) atoms. The first-order chi connectivity index (χ1) is 10.7. The fourth-order valence-electron chi connectivity index (χ4n) is 2.24. The Balaban J connectivity index is 1.98. The average Bonchev–Trinajstić information content (AvgIpc) is 2.87. The molecule has 0 N–H and O–H groups in total. The van der Waals surface area contributed by atoms with E-state index in [1.54, 1.807) is 19.2 Å². The molecule has 0 fully saturated rings. The first kappa shape index (κ1) is 15.1. The summed E-state index contributed by atoms with van der Waals surface area (Å²) in [5.41, 5.74) is 1.35. The van der Waals surface area contributed by atoms with Crippen molar-refractivity contribution in [1.82, 2.24) is 0 Å². The highest BCUT2D eigenvalue weighted by atomic mass is 127. The maximum absolute atomic E-state index is 12.4. The molecule has 0 aliphatic carbocycles. The van der Waals surface area contributed by atoms with Gasteiger partial charge < -0.3 is 13.9 Å². The van der Waals surface area contributed by atoms with Crippen molar-refractivity contribution in [3.8, 4) is 5.75 Å². The highest BCUT2D eigenvalue weighted by Crippen LogP contribution is 2.28. The normalized spacial score (nSPS) is 10.8. The lowest BCUT2D eigenvalue weighted by Crippen LogP contribution is -2.10. The van der Waals surface area contributed by atoms with Gasteiger partial charge in [-0.2, -0.15) is 0 Å². The summed E-state index contributed by atoms with van der Waals surface area (Å²) >= 11 is 2.16. The van der Waals surface area contributed by atoms with Crippen LogP contribution in [0.4, 0.5) is 0 Å². The minimum atomic E-state index is -0.523. The van der Waals surface area contributed by atoms with Crippen LogP contribution in [0.1, 0.15) is 16.1 Å². The Morgan fingerprint density at radius 1 is 1.18 bits per heavy atom. The summed E-state index contributed by atoms with van der Waals surface area (Å²) in [6, 6.07) is 14.7. The first-order valence-corrected chi connectivity index (χ1v) is 7.74. The summed E-state index contributed by atoms with van der Waals surface area (Å²) in [6.07, 6.45) is 0. The molecule has 0 bridgehead atoms. The topological polar surface area (TPSA) is 48.7 Å². The van der Waals surface area contributed by atoms with Crippen molar-refractivity contribution in [2.75, 3.05) is 7.11 Å². The van der Waals surface area contributed by atoms with Crippen LogP contribution in [0.2, 0.25) is 0 Å². The lowest BCUT2D eigenvalue weighted by atomic mass is 10.1. The number of carbonyl (C=O) groups excluding carboxylic acids is 1. The molecule has 0 aliphatic rings. The molecule has 3 rings (SSSR count). The van der Waals surface area contributed by atoms with Gasteiger partial charge in [-0.25, -0.2) is 4.79 Å². The van der Waals surface area contributed by atoms with Gasteiger partial charge in [-0.15, -0.1) is 0 Å². The first-order valence-electron chi connectivity index (χ1n) is 6.66. The summed E-state index contributed by atoms with van der Waals surface area (Å²) < 4.78 is 17.2. The molecule has 1 aromatic heterocycles. The number of hydrogen-bond acceptors (Lipinski definition) is 4. The van der Waals surface area contributed by atoms with Gasteiger partial charge in [0, 0.05) is 21.6 Å². The molecule has 0 amide bonds. The predicted molar refractivity (Wildman–Crippen MR) is 91.0 cm³/mol. The average molecular weight is 408 g/mol. The van der Waals surface area contributed by atoms with Gasteiger partial charge in [0.25, 0.3) is 0 Å². The highest BCUT2D eigenvalue weighted by Gasteiger charge is 2.22. The fourth-order valence-corrected chi connectivity index (χ4v) is 2.75. The van der Waals surface area contributed by atoms with E-state index in [1.807, 2.05) is 36.4 Å². The Hall–Kier alpha value is -1.86. The van der Waals surface area contributed by atoms with Gasteiger partial charge in [0.2, 0.25) is 5.76 Å². The molecule has 0 saturated heterocycles. The van der Waals surface area contributed by atoms with E-state index in [2.05, 4.69) is 22.6 Å². The zero-order chi connectivity index (χ0) is 15.5. The van der Waals surface area contributed by atoms with Crippen molar-refractivity contribution in [2.45, 2.75) is 6.61 Å². The molecule has 0 atom stereocenters. The summed E-state index contributed by atoms with van der Waals surface area (Å²) in [5.74, 6) is 0.146. The quantitative estimate of drug-likeness (QED) is 0.365. The zero-order valence-corrected chi connectivity index (χ0v) is 14.0. The molecule has 5 heteroatoms. The van der Waals surface area contributed by atoms with Crippen LogP contribution in [-0.2, 0) is 11.3 Å². The molecular weight excluding hydrogens is 395 g/mol. The number of esters is 1. The van der Waals surface area contributed by atoms with Gasteiger partial charge in [0.05, 0.1) is 6.61 Å². The van der Waals surface area contributed by atoms with Crippen LogP contribution in [0.25, 0.3) is 11.0 Å². The van der Waals surface area contributed by atoms with E-state index < -0.39 is 5.97 Å². The number of rotatable bonds is 4. The van der Waals surface area contributed by atoms with Crippen molar-refractivity contribution in [1.29, 1.82) is 0 Å². The third-order valence-corrected chi connectivity index (χ3v) is 3.85. The van der Waals surface area contributed by atoms with Gasteiger partial charge in [-0.1, -0.05) is 24.3 Å². The summed E-state index contributed by atoms with van der Waals surface area (Å²) in [7, 11) is 1.58. The number of hydrogen-bond donors (Lipinski definition) is 0. The van der Waals surface area contributed by atoms with E-state index in [1.165, 1.54) is 0 Å². The number of fused-ring (bicyclic) bond motifs is 1. The van der Waals surface area contributed by atoms with E-state index in [-0.39, 0.29) is 12.4 Å². The molecule has 1 heterocycles. The standard InChI is InChI=1S/C17H13IO4/c1-20-10-14-13-7-2-3-8-15(13)22-16(14)17(19)21-12-6-4-5-11(18)9-12/h2-9H,10H2,1H3. The molecule has 4 nitrogen and oxygen atoms in total. The van der Waals surface area contributed by atoms with E-state index in [0.29, 0.717) is 16.9 Å². The van der Waals surface area contributed by atoms with Gasteiger partial charge in [-0.3, -0.25) is 0 Å². The maximum Gasteiger partial charge on any atom is 0.380 e. The SMILES string of the molecule is COCc1c(C(=O)Oc2cccc(I)c2)oc2ccccc12. The minimum Gasteiger partial charge on any atom is -0.449 e. The van der Waals surface area contributed by atoms with Gasteiger partial charge in [-0.05, 0) is 46.9 Å². The maximum atomic E-state index is 12.4. The number of methoxy groups -OCH3 is 1. The van der Waals surface area contributed by atoms with Crippen molar-refractivity contribution < 1.29 is 18.7 Å². The number of para-hydroxylation sites is 1. The molecule has 0 unspecified atom stereocenters. The number of carbonyl (C=O) groups is 1. The molecule has 112 valence electrons. The van der Waals surface area contributed by atoms with Crippen molar-refractivity contribution in [3.05, 3.63) is 63.4 Å². The second-order valence-electron chi connectivity index (χ2n) is 4.69. The van der Waals surface area contributed by atoms with Crippen LogP contribution in [0.3, 0.4) is 0 Å². The number of benzene rings is 2. The van der Waals surface area contributed by atoms with Gasteiger partial charge >= 0.3 is 5.97 Å². The van der Waals surface area contributed by atoms with E-state index in [0.717, 1.165) is 8.96 Å². The largest absolute Gasteiger partial charge is 0.449 e. The predicted octanol–water partition coefficient (Wildman–Crippen LogP) is 4.40. The number of halogens is 1. The Bertz CT molecular complexity index is 822. The van der Waals surface area contributed by atoms with E-state index in [9.17, 15) is 4.79 Å². The minimum absolute atomic E-state index is 0.182. The Kier molecular flexibility index (Phi) is 4.44. The molecular formula is C17H13IO4. The Labute approximate surface area is 141 Å². The molecule has 0 radical (unpaired) electrons. The second kappa shape index (κ2) is 6.50. The van der Waals surface area contributed by atoms with Gasteiger partial charge in [0.15, 0.2) is 0 Å². The second-order valence-corrected chi connectivity index (χ2v) is 5.93. The van der Waals surface area contributed by atoms with Crippen LogP contribution in [0.5, 0.6) is 5.75 Å². The van der Waals surface area contributed by atoms with Crippen LogP contribution in [0, 0.1) is 3.57 Å². The fraction of sp³-hybridized carbons (Fsp3) is 0.118. The third kappa shape index (κ3) is 3.00. The van der Waals surface area contributed by atoms with Gasteiger partial charge in [0.1, 0.15) is 11.3 Å². The van der Waals surface area contributed by atoms with Crippen molar-refractivity contribution in [3.63, 3.8) is 0 Å². The molecule has 0 aliphatic heterocycles. The smallest absolute Gasteiger partial charge is 0.380 e. The van der Waals surface area contributed by atoms with Crippen LogP contribution >= 0.6 is 22.6 Å². The Morgan fingerprint density at radius 2 is 2.00 bits per heavy atom. The zero-order valence-electron chi connectivity index (χ0n) is 11.8. The lowest BCUT2D eigenvalue weighted by molar-refractivity contribution is 0.0697. The number of ether oxygens (including phenoxy) is 2. The highest BCUT2D eigenvalue weighted by molar-refractivity contribution is 14.1. The molecule has 3 aromatic rings. The molecule has 0 spiro atoms. The lowest BCUT2D eigenvalue weighted by Gasteiger charge is -2.04. The summed E-state index contributed by atoms with van der Waals surface area (Å²) in [5, 5.41) is 0.860. The van der Waals surface area contributed by atoms with Crippen molar-refractivity contribution >= 4 is 39.5 Å². The molecule has 2 aromatic carbocycles. The van der Waals surface area contributed by atoms with Crippen LogP contribution in [-0.4, -0.2) is 13.1 Å². The number of furan rings is 1. The van der Waals surface area contributed by atoms with Crippen LogP contribution in [0.15, 0.2) is 52.9 Å². The van der Waals surface area contributed by atoms with E-state index >= 15 is 0 Å².